The first kappa shape index (κ1) is 18.3. The molecular weight excluding hydrogens is 359 g/mol. The Hall–Kier alpha value is -1.52. The fraction of sp³-hybridized carbons (Fsp3) is 0.474. The predicted molar refractivity (Wildman–Crippen MR) is 99.8 cm³/mol. The van der Waals surface area contributed by atoms with E-state index in [0.29, 0.717) is 34.0 Å². The van der Waals surface area contributed by atoms with Crippen LogP contribution in [0.4, 0.5) is 0 Å². The van der Waals surface area contributed by atoms with Crippen molar-refractivity contribution >= 4 is 29.2 Å². The van der Waals surface area contributed by atoms with Gasteiger partial charge in [-0.05, 0) is 37.0 Å². The van der Waals surface area contributed by atoms with Crippen molar-refractivity contribution in [2.75, 3.05) is 0 Å². The van der Waals surface area contributed by atoms with Crippen LogP contribution in [0.25, 0.3) is 5.69 Å². The van der Waals surface area contributed by atoms with Gasteiger partial charge in [0, 0.05) is 12.5 Å². The van der Waals surface area contributed by atoms with E-state index >= 15 is 0 Å². The number of carbonyl (C=O) groups excluding carboxylic acids is 1. The quantitative estimate of drug-likeness (QED) is 0.611. The lowest BCUT2D eigenvalue weighted by molar-refractivity contribution is -0.135. The maximum atomic E-state index is 12.3. The van der Waals surface area contributed by atoms with Gasteiger partial charge < -0.3 is 4.74 Å². The number of halogens is 2. The Balaban J connectivity index is 1.74. The number of hydrogen-bond donors (Lipinski definition) is 0. The molecule has 1 saturated carbocycles. The number of carbonyl (C=O) groups is 1. The zero-order valence-corrected chi connectivity index (χ0v) is 15.8. The molecule has 6 heteroatoms. The van der Waals surface area contributed by atoms with Crippen molar-refractivity contribution < 1.29 is 9.53 Å². The molecule has 1 aliphatic rings. The average Bonchev–Trinajstić information content (AvgIpc) is 3.25. The van der Waals surface area contributed by atoms with E-state index in [1.165, 1.54) is 25.7 Å². The Morgan fingerprint density at radius 1 is 1.24 bits per heavy atom. The van der Waals surface area contributed by atoms with Gasteiger partial charge in [-0.1, -0.05) is 55.8 Å². The maximum Gasteiger partial charge on any atom is 0.312 e. The predicted octanol–water partition coefficient (Wildman–Crippen LogP) is 5.62. The Morgan fingerprint density at radius 2 is 2.00 bits per heavy atom. The zero-order chi connectivity index (χ0) is 17.8. The Bertz CT molecular complexity index is 752. The first-order valence-electron chi connectivity index (χ1n) is 8.82. The van der Waals surface area contributed by atoms with E-state index in [1.54, 1.807) is 28.9 Å². The average molecular weight is 381 g/mol. The number of nitrogens with zero attached hydrogens (tertiary/aromatic N) is 2. The Labute approximate surface area is 158 Å². The summed E-state index contributed by atoms with van der Waals surface area (Å²) in [6, 6.07) is 7.02. The van der Waals surface area contributed by atoms with E-state index < -0.39 is 0 Å². The number of ether oxygens (including phenoxy) is 1. The monoisotopic (exact) mass is 380 g/mol. The van der Waals surface area contributed by atoms with Crippen LogP contribution < -0.4 is 4.74 Å². The highest BCUT2D eigenvalue weighted by Gasteiger charge is 2.19. The van der Waals surface area contributed by atoms with Crippen LogP contribution in [-0.2, 0) is 11.2 Å². The van der Waals surface area contributed by atoms with Gasteiger partial charge in [0.15, 0.2) is 0 Å². The van der Waals surface area contributed by atoms with Crippen LogP contribution in [0, 0.1) is 5.92 Å². The number of rotatable bonds is 6. The first-order chi connectivity index (χ1) is 12.1. The van der Waals surface area contributed by atoms with E-state index in [-0.39, 0.29) is 5.97 Å². The van der Waals surface area contributed by atoms with Gasteiger partial charge in [-0.15, -0.1) is 0 Å². The van der Waals surface area contributed by atoms with Crippen LogP contribution in [0.1, 0.15) is 51.1 Å². The molecule has 1 aromatic carbocycles. The van der Waals surface area contributed by atoms with E-state index in [2.05, 4.69) is 5.10 Å². The van der Waals surface area contributed by atoms with Crippen LogP contribution in [0.5, 0.6) is 5.88 Å². The minimum Gasteiger partial charge on any atom is -0.407 e. The van der Waals surface area contributed by atoms with E-state index in [4.69, 9.17) is 27.9 Å². The first-order valence-corrected chi connectivity index (χ1v) is 9.57. The highest BCUT2D eigenvalue weighted by atomic mass is 35.5. The van der Waals surface area contributed by atoms with Gasteiger partial charge in [-0.25, -0.2) is 4.68 Å². The highest BCUT2D eigenvalue weighted by Crippen LogP contribution is 2.30. The minimum absolute atomic E-state index is 0.212. The molecule has 1 aromatic heterocycles. The van der Waals surface area contributed by atoms with Crippen LogP contribution in [0.2, 0.25) is 10.0 Å². The number of esters is 1. The SMILES string of the molecule is CCc1cc(OC(=O)CCC2CCCC2)n(-c2ccc(Cl)c(Cl)c2)n1. The molecule has 134 valence electrons. The standard InChI is InChI=1S/C19H22Cl2N2O2/c1-2-14-11-18(25-19(24)10-7-13-5-3-4-6-13)23(22-14)15-8-9-16(20)17(21)12-15/h8-9,11-13H,2-7,10H2,1H3. The summed E-state index contributed by atoms with van der Waals surface area (Å²) in [6.45, 7) is 2.01. The van der Waals surface area contributed by atoms with E-state index in [1.807, 2.05) is 6.92 Å². The number of hydrogen-bond acceptors (Lipinski definition) is 3. The van der Waals surface area contributed by atoms with Crippen molar-refractivity contribution in [3.05, 3.63) is 40.0 Å². The lowest BCUT2D eigenvalue weighted by Gasteiger charge is -2.10. The van der Waals surface area contributed by atoms with Gasteiger partial charge in [-0.2, -0.15) is 5.10 Å². The highest BCUT2D eigenvalue weighted by molar-refractivity contribution is 6.42. The third-order valence-corrected chi connectivity index (χ3v) is 5.43. The van der Waals surface area contributed by atoms with E-state index in [0.717, 1.165) is 18.5 Å². The molecule has 0 aliphatic heterocycles. The van der Waals surface area contributed by atoms with E-state index in [9.17, 15) is 4.79 Å². The number of aromatic nitrogens is 2. The summed E-state index contributed by atoms with van der Waals surface area (Å²) in [5.74, 6) is 0.876. The van der Waals surface area contributed by atoms with Gasteiger partial charge in [0.25, 0.3) is 0 Å². The fourth-order valence-electron chi connectivity index (χ4n) is 3.25. The largest absolute Gasteiger partial charge is 0.407 e. The minimum atomic E-state index is -0.212. The number of aryl methyl sites for hydroxylation is 1. The summed E-state index contributed by atoms with van der Waals surface area (Å²) in [5.41, 5.74) is 1.57. The van der Waals surface area contributed by atoms with Crippen molar-refractivity contribution in [3.8, 4) is 11.6 Å². The second kappa shape index (κ2) is 8.24. The third kappa shape index (κ3) is 4.56. The summed E-state index contributed by atoms with van der Waals surface area (Å²) >= 11 is 12.1. The van der Waals surface area contributed by atoms with Crippen molar-refractivity contribution in [2.24, 2.45) is 5.92 Å². The second-order valence-electron chi connectivity index (χ2n) is 6.50. The summed E-state index contributed by atoms with van der Waals surface area (Å²) < 4.78 is 7.20. The van der Waals surface area contributed by atoms with Gasteiger partial charge in [0.1, 0.15) is 0 Å². The smallest absolute Gasteiger partial charge is 0.312 e. The lowest BCUT2D eigenvalue weighted by atomic mass is 10.0. The molecule has 4 nitrogen and oxygen atoms in total. The summed E-state index contributed by atoms with van der Waals surface area (Å²) in [5, 5.41) is 5.41. The van der Waals surface area contributed by atoms with Crippen molar-refractivity contribution in [3.63, 3.8) is 0 Å². The van der Waals surface area contributed by atoms with Gasteiger partial charge in [-0.3, -0.25) is 4.79 Å². The van der Waals surface area contributed by atoms with Crippen LogP contribution in [-0.4, -0.2) is 15.7 Å². The summed E-state index contributed by atoms with van der Waals surface area (Å²) in [4.78, 5) is 12.3. The summed E-state index contributed by atoms with van der Waals surface area (Å²) in [6.07, 6.45) is 7.12. The second-order valence-corrected chi connectivity index (χ2v) is 7.32. The van der Waals surface area contributed by atoms with Gasteiger partial charge >= 0.3 is 5.97 Å². The molecule has 0 unspecified atom stereocenters. The molecule has 2 aromatic rings. The van der Waals surface area contributed by atoms with Crippen molar-refractivity contribution in [1.82, 2.24) is 9.78 Å². The van der Waals surface area contributed by atoms with Gasteiger partial charge in [0.2, 0.25) is 5.88 Å². The molecule has 0 bridgehead atoms. The zero-order valence-electron chi connectivity index (χ0n) is 14.3. The number of benzene rings is 1. The molecule has 1 fully saturated rings. The maximum absolute atomic E-state index is 12.3. The molecule has 1 heterocycles. The third-order valence-electron chi connectivity index (χ3n) is 4.69. The molecule has 0 N–H and O–H groups in total. The molecule has 1 aliphatic carbocycles. The molecule has 0 radical (unpaired) electrons. The molecule has 0 amide bonds. The van der Waals surface area contributed by atoms with Crippen molar-refractivity contribution in [2.45, 2.75) is 51.9 Å². The molecule has 0 spiro atoms. The van der Waals surface area contributed by atoms with Crippen LogP contribution in [0.15, 0.2) is 24.3 Å². The lowest BCUT2D eigenvalue weighted by Crippen LogP contribution is -2.12. The molecule has 0 atom stereocenters. The van der Waals surface area contributed by atoms with Crippen LogP contribution in [0.3, 0.4) is 0 Å². The molecule has 25 heavy (non-hydrogen) atoms. The van der Waals surface area contributed by atoms with Crippen LogP contribution >= 0.6 is 23.2 Å². The Kier molecular flexibility index (Phi) is 6.02. The fourth-order valence-corrected chi connectivity index (χ4v) is 3.54. The summed E-state index contributed by atoms with van der Waals surface area (Å²) in [7, 11) is 0. The molecular formula is C19H22Cl2N2O2. The topological polar surface area (TPSA) is 44.1 Å². The molecule has 0 saturated heterocycles. The van der Waals surface area contributed by atoms with Gasteiger partial charge in [0.05, 0.1) is 21.4 Å². The Morgan fingerprint density at radius 3 is 2.68 bits per heavy atom. The molecule has 3 rings (SSSR count). The van der Waals surface area contributed by atoms with Crippen molar-refractivity contribution in [1.29, 1.82) is 0 Å². The normalized spacial score (nSPS) is 14.8.